The number of likely N-dealkylation sites (N-methyl/N-ethyl adjacent to an activating group) is 2. The number of ether oxygens (including phenoxy) is 1. The highest BCUT2D eigenvalue weighted by atomic mass is 16.5. The van der Waals surface area contributed by atoms with Crippen LogP contribution in [0.15, 0.2) is 140 Å². The number of phenolic OH excluding ortho intramolecular Hbond substituents is 1. The number of aromatic hydroxyl groups is 1. The maximum Gasteiger partial charge on any atom is 0.246 e. The molecule has 13 nitrogen and oxygen atoms in total. The van der Waals surface area contributed by atoms with Crippen LogP contribution in [-0.4, -0.2) is 109 Å². The van der Waals surface area contributed by atoms with E-state index in [-0.39, 0.29) is 41.2 Å². The standard InChI is InChI=1S/C64H80N6O7/c1-5-54(46-23-12-8-13-24-46)57(49-33-37-52(71)38-34-49)50-35-39-53(40-36-50)77-44-43-69(4)56(72)32-20-6-7-21-41-66-63(75)60(58(47-25-14-9-15-26-47)48-27-16-10-17-28-48)68-62(74)55-31-22-42-70(55)64(76)59(51-29-18-11-19-30-51)67-61(73)45(2)65-3/h8-10,12-17,23-28,33-40,45,51,55,58-60,65,71H,5-7,11,18-22,29-32,41-44H2,1-4H3,(H,66,75)(H,67,73)(H,68,74)/t45-,55+,59-,60-/m0/s1. The van der Waals surface area contributed by atoms with E-state index in [0.29, 0.717) is 64.1 Å². The lowest BCUT2D eigenvalue weighted by Gasteiger charge is -2.36. The van der Waals surface area contributed by atoms with Gasteiger partial charge in [-0.05, 0) is 128 Å². The number of nitrogens with zero attached hydrogens (tertiary/aromatic N) is 2. The van der Waals surface area contributed by atoms with Gasteiger partial charge in [-0.25, -0.2) is 0 Å². The van der Waals surface area contributed by atoms with E-state index in [0.717, 1.165) is 84.8 Å². The average molecular weight is 1050 g/mol. The Morgan fingerprint density at radius 1 is 0.688 bits per heavy atom. The fraction of sp³-hybridized carbons (Fsp3) is 0.422. The quantitative estimate of drug-likeness (QED) is 0.0270. The minimum atomic E-state index is -0.993. The van der Waals surface area contributed by atoms with Gasteiger partial charge in [0, 0.05) is 32.5 Å². The molecule has 1 saturated heterocycles. The van der Waals surface area contributed by atoms with Gasteiger partial charge in [-0.1, -0.05) is 154 Å². The lowest BCUT2D eigenvalue weighted by atomic mass is 9.83. The number of phenols is 1. The van der Waals surface area contributed by atoms with Crippen LogP contribution < -0.4 is 26.0 Å². The predicted octanol–water partition coefficient (Wildman–Crippen LogP) is 9.65. The normalized spacial score (nSPS) is 16.2. The molecule has 1 saturated carbocycles. The van der Waals surface area contributed by atoms with E-state index in [2.05, 4.69) is 52.5 Å². The maximum atomic E-state index is 14.6. The van der Waals surface area contributed by atoms with Crippen LogP contribution in [-0.2, 0) is 24.0 Å². The Morgan fingerprint density at radius 2 is 1.29 bits per heavy atom. The zero-order chi connectivity index (χ0) is 54.5. The molecule has 4 atom stereocenters. The van der Waals surface area contributed by atoms with E-state index in [1.165, 1.54) is 5.57 Å². The summed E-state index contributed by atoms with van der Waals surface area (Å²) in [4.78, 5) is 73.4. The topological polar surface area (TPSA) is 169 Å². The van der Waals surface area contributed by atoms with Gasteiger partial charge in [0.1, 0.15) is 36.2 Å². The van der Waals surface area contributed by atoms with Crippen LogP contribution in [0.1, 0.15) is 131 Å². The molecule has 5 N–H and O–H groups in total. The molecule has 1 aliphatic heterocycles. The molecule has 7 rings (SSSR count). The molecular weight excluding hydrogens is 965 g/mol. The van der Waals surface area contributed by atoms with E-state index in [1.54, 1.807) is 43.0 Å². The summed E-state index contributed by atoms with van der Waals surface area (Å²) in [6.07, 6.45) is 10.0. The zero-order valence-electron chi connectivity index (χ0n) is 45.6. The molecule has 0 bridgehead atoms. The Morgan fingerprint density at radius 3 is 1.90 bits per heavy atom. The lowest BCUT2D eigenvalue weighted by Crippen LogP contribution is -2.59. The van der Waals surface area contributed by atoms with E-state index in [4.69, 9.17) is 4.74 Å². The van der Waals surface area contributed by atoms with Gasteiger partial charge >= 0.3 is 0 Å². The first-order valence-electron chi connectivity index (χ1n) is 28.0. The van der Waals surface area contributed by atoms with E-state index in [1.807, 2.05) is 103 Å². The van der Waals surface area contributed by atoms with Crippen molar-refractivity contribution in [1.82, 2.24) is 31.1 Å². The van der Waals surface area contributed by atoms with Crippen molar-refractivity contribution in [3.63, 3.8) is 0 Å². The molecule has 77 heavy (non-hydrogen) atoms. The number of benzene rings is 5. The Hall–Kier alpha value is -7.25. The summed E-state index contributed by atoms with van der Waals surface area (Å²) < 4.78 is 6.11. The third-order valence-corrected chi connectivity index (χ3v) is 15.4. The van der Waals surface area contributed by atoms with Crippen molar-refractivity contribution in [2.24, 2.45) is 5.92 Å². The minimum absolute atomic E-state index is 0.0195. The summed E-state index contributed by atoms with van der Waals surface area (Å²) in [7, 11) is 3.51. The van der Waals surface area contributed by atoms with Gasteiger partial charge in [0.25, 0.3) is 0 Å². The number of hydrogen-bond donors (Lipinski definition) is 5. The SMILES string of the molecule is CCC(=C(c1ccc(O)cc1)c1ccc(OCCN(C)C(=O)CCCCCCNC(=O)[C@@H](NC(=O)[C@H]2CCCN2C(=O)[C@@H](NC(=O)[C@H](C)NC)C2CCCCC2)C(c2ccccc2)c2ccccc2)cc1)c1ccccc1. The Kier molecular flexibility index (Phi) is 21.9. The second-order valence-corrected chi connectivity index (χ2v) is 20.6. The number of likely N-dealkylation sites (tertiary alicyclic amines) is 1. The number of hydrogen-bond acceptors (Lipinski definition) is 8. The van der Waals surface area contributed by atoms with Crippen LogP contribution in [0.4, 0.5) is 0 Å². The van der Waals surface area contributed by atoms with E-state index < -0.39 is 30.1 Å². The van der Waals surface area contributed by atoms with Crippen LogP contribution in [0.5, 0.6) is 11.5 Å². The van der Waals surface area contributed by atoms with E-state index in [9.17, 15) is 29.1 Å². The number of amides is 5. The van der Waals surface area contributed by atoms with Crippen molar-refractivity contribution in [2.75, 3.05) is 40.3 Å². The number of rotatable bonds is 26. The number of allylic oxidation sites excluding steroid dienone is 1. The van der Waals surface area contributed by atoms with Crippen molar-refractivity contribution >= 4 is 40.7 Å². The highest BCUT2D eigenvalue weighted by molar-refractivity contribution is 5.99. The van der Waals surface area contributed by atoms with Crippen molar-refractivity contribution in [2.45, 2.75) is 127 Å². The minimum Gasteiger partial charge on any atom is -0.508 e. The summed E-state index contributed by atoms with van der Waals surface area (Å²) in [5.41, 5.74) is 7.22. The smallest absolute Gasteiger partial charge is 0.246 e. The fourth-order valence-electron chi connectivity index (χ4n) is 10.9. The molecule has 0 unspecified atom stereocenters. The van der Waals surface area contributed by atoms with Gasteiger partial charge in [0.15, 0.2) is 0 Å². The number of carbonyl (C=O) groups is 5. The second-order valence-electron chi connectivity index (χ2n) is 20.6. The number of carbonyl (C=O) groups excluding carboxylic acids is 5. The van der Waals surface area contributed by atoms with Crippen molar-refractivity contribution in [3.05, 3.63) is 167 Å². The van der Waals surface area contributed by atoms with Gasteiger partial charge < -0.3 is 40.9 Å². The molecule has 5 aromatic carbocycles. The fourth-order valence-corrected chi connectivity index (χ4v) is 10.9. The zero-order valence-corrected chi connectivity index (χ0v) is 45.6. The molecule has 13 heteroatoms. The van der Waals surface area contributed by atoms with Gasteiger partial charge in [-0.3, -0.25) is 24.0 Å². The van der Waals surface area contributed by atoms with Crippen LogP contribution in [0.2, 0.25) is 0 Å². The van der Waals surface area contributed by atoms with Gasteiger partial charge in [0.2, 0.25) is 29.5 Å². The molecule has 2 fully saturated rings. The number of unbranched alkanes of at least 4 members (excludes halogenated alkanes) is 3. The summed E-state index contributed by atoms with van der Waals surface area (Å²) in [5, 5.41) is 22.3. The van der Waals surface area contributed by atoms with Gasteiger partial charge in [-0.15, -0.1) is 0 Å². The monoisotopic (exact) mass is 1040 g/mol. The lowest BCUT2D eigenvalue weighted by molar-refractivity contribution is -0.143. The molecule has 0 spiro atoms. The second kappa shape index (κ2) is 29.3. The third kappa shape index (κ3) is 15.9. The molecule has 408 valence electrons. The molecule has 2 aliphatic rings. The summed E-state index contributed by atoms with van der Waals surface area (Å²) in [6.45, 7) is 5.47. The van der Waals surface area contributed by atoms with Crippen molar-refractivity contribution in [3.8, 4) is 11.5 Å². The van der Waals surface area contributed by atoms with Crippen molar-refractivity contribution in [1.29, 1.82) is 0 Å². The predicted molar refractivity (Wildman–Crippen MR) is 305 cm³/mol. The van der Waals surface area contributed by atoms with Gasteiger partial charge in [0.05, 0.1) is 12.6 Å². The first kappa shape index (κ1) is 57.5. The first-order chi connectivity index (χ1) is 37.5. The summed E-state index contributed by atoms with van der Waals surface area (Å²) in [5.74, 6) is -0.768. The molecule has 1 aliphatic carbocycles. The molecular formula is C64H80N6O7. The van der Waals surface area contributed by atoms with Crippen molar-refractivity contribution < 1.29 is 33.8 Å². The third-order valence-electron chi connectivity index (χ3n) is 15.4. The average Bonchev–Trinajstić information content (AvgIpc) is 3.98. The Balaban J connectivity index is 0.912. The maximum absolute atomic E-state index is 14.6. The first-order valence-corrected chi connectivity index (χ1v) is 28.0. The van der Waals surface area contributed by atoms with Crippen LogP contribution in [0, 0.1) is 5.92 Å². The van der Waals surface area contributed by atoms with E-state index >= 15 is 0 Å². The molecule has 0 aromatic heterocycles. The van der Waals surface area contributed by atoms with Crippen LogP contribution >= 0.6 is 0 Å². The highest BCUT2D eigenvalue weighted by Gasteiger charge is 2.43. The van der Waals surface area contributed by atoms with Crippen LogP contribution in [0.25, 0.3) is 11.1 Å². The highest BCUT2D eigenvalue weighted by Crippen LogP contribution is 2.36. The Labute approximate surface area is 456 Å². The molecule has 1 heterocycles. The Bertz CT molecular complexity index is 2660. The number of nitrogens with one attached hydrogen (secondary N) is 4. The largest absolute Gasteiger partial charge is 0.508 e. The molecule has 5 amide bonds. The summed E-state index contributed by atoms with van der Waals surface area (Å²) in [6, 6.07) is 42.1. The van der Waals surface area contributed by atoms with Crippen LogP contribution in [0.3, 0.4) is 0 Å². The summed E-state index contributed by atoms with van der Waals surface area (Å²) >= 11 is 0. The molecule has 5 aromatic rings. The van der Waals surface area contributed by atoms with Gasteiger partial charge in [-0.2, -0.15) is 0 Å². The molecule has 0 radical (unpaired) electrons.